The van der Waals surface area contributed by atoms with Crippen LogP contribution in [0.5, 0.6) is 0 Å². The fraction of sp³-hybridized carbons (Fsp3) is 0.857. The molecule has 0 aromatic rings. The van der Waals surface area contributed by atoms with Gasteiger partial charge in [-0.1, -0.05) is 31.8 Å². The minimum absolute atomic E-state index is 1.20. The van der Waals surface area contributed by atoms with Crippen molar-refractivity contribution >= 4 is 0 Å². The van der Waals surface area contributed by atoms with Gasteiger partial charge in [-0.15, -0.1) is 6.58 Å². The first-order chi connectivity index (χ1) is 7.43. The third-order valence-electron chi connectivity index (χ3n) is 3.33. The molecule has 1 aliphatic rings. The number of rotatable bonds is 7. The molecule has 0 aromatic heterocycles. The molecule has 0 radical (unpaired) electrons. The summed E-state index contributed by atoms with van der Waals surface area (Å²) in [5.41, 5.74) is 0. The summed E-state index contributed by atoms with van der Waals surface area (Å²) in [6, 6.07) is 0. The molecular weight excluding hydrogens is 182 g/mol. The molecule has 1 saturated heterocycles. The van der Waals surface area contributed by atoms with Crippen LogP contribution in [0.2, 0.25) is 0 Å². The second kappa shape index (κ2) is 8.96. The van der Waals surface area contributed by atoms with E-state index in [1.165, 1.54) is 77.4 Å². The zero-order chi connectivity index (χ0) is 10.8. The molecule has 1 fully saturated rings. The predicted octanol–water partition coefficient (Wildman–Crippen LogP) is 4.00. The number of hydrogen-bond acceptors (Lipinski definition) is 1. The molecule has 15 heavy (non-hydrogen) atoms. The van der Waals surface area contributed by atoms with Crippen LogP contribution in [0, 0.1) is 0 Å². The van der Waals surface area contributed by atoms with Gasteiger partial charge in [-0.25, -0.2) is 0 Å². The van der Waals surface area contributed by atoms with Crippen molar-refractivity contribution in [3.63, 3.8) is 0 Å². The molecule has 0 saturated carbocycles. The van der Waals surface area contributed by atoms with E-state index in [1.54, 1.807) is 0 Å². The topological polar surface area (TPSA) is 3.24 Å². The summed E-state index contributed by atoms with van der Waals surface area (Å²) in [5, 5.41) is 0. The summed E-state index contributed by atoms with van der Waals surface area (Å²) >= 11 is 0. The van der Waals surface area contributed by atoms with E-state index in [9.17, 15) is 0 Å². The van der Waals surface area contributed by atoms with Crippen LogP contribution < -0.4 is 0 Å². The Balaban J connectivity index is 1.91. The molecule has 0 bridgehead atoms. The van der Waals surface area contributed by atoms with Gasteiger partial charge in [0.15, 0.2) is 0 Å². The quantitative estimate of drug-likeness (QED) is 0.452. The number of unbranched alkanes of at least 4 members (excludes halogenated alkanes) is 4. The van der Waals surface area contributed by atoms with Gasteiger partial charge >= 0.3 is 0 Å². The Bertz CT molecular complexity index is 145. The average Bonchev–Trinajstić information content (AvgIpc) is 2.52. The van der Waals surface area contributed by atoms with Gasteiger partial charge in [0.05, 0.1) is 0 Å². The molecule has 0 atom stereocenters. The van der Waals surface area contributed by atoms with Crippen LogP contribution in [0.4, 0.5) is 0 Å². The largest absolute Gasteiger partial charge is 0.303 e. The second-order valence-corrected chi connectivity index (χ2v) is 4.75. The molecule has 1 rings (SSSR count). The monoisotopic (exact) mass is 209 g/mol. The average molecular weight is 209 g/mol. The van der Waals surface area contributed by atoms with Crippen molar-refractivity contribution in [1.82, 2.24) is 4.90 Å². The van der Waals surface area contributed by atoms with Gasteiger partial charge in [0, 0.05) is 0 Å². The van der Waals surface area contributed by atoms with Gasteiger partial charge < -0.3 is 4.90 Å². The molecule has 0 N–H and O–H groups in total. The van der Waals surface area contributed by atoms with Crippen LogP contribution in [0.1, 0.15) is 57.8 Å². The van der Waals surface area contributed by atoms with Crippen LogP contribution in [0.3, 0.4) is 0 Å². The lowest BCUT2D eigenvalue weighted by atomic mass is 10.1. The van der Waals surface area contributed by atoms with Crippen LogP contribution in [0.15, 0.2) is 12.7 Å². The highest BCUT2D eigenvalue weighted by molar-refractivity contribution is 4.66. The van der Waals surface area contributed by atoms with E-state index in [0.717, 1.165) is 0 Å². The Labute approximate surface area is 95.5 Å². The van der Waals surface area contributed by atoms with E-state index in [1.807, 2.05) is 6.08 Å². The molecule has 0 unspecified atom stereocenters. The Morgan fingerprint density at radius 1 is 0.867 bits per heavy atom. The lowest BCUT2D eigenvalue weighted by Crippen LogP contribution is -2.25. The van der Waals surface area contributed by atoms with E-state index in [0.29, 0.717) is 0 Å². The van der Waals surface area contributed by atoms with Gasteiger partial charge in [-0.05, 0) is 51.7 Å². The molecule has 0 amide bonds. The van der Waals surface area contributed by atoms with E-state index < -0.39 is 0 Å². The van der Waals surface area contributed by atoms with Crippen molar-refractivity contribution in [3.8, 4) is 0 Å². The second-order valence-electron chi connectivity index (χ2n) is 4.75. The summed E-state index contributed by atoms with van der Waals surface area (Å²) in [4.78, 5) is 2.67. The summed E-state index contributed by atoms with van der Waals surface area (Å²) in [6.07, 6.45) is 14.5. The fourth-order valence-electron chi connectivity index (χ4n) is 2.34. The highest BCUT2D eigenvalue weighted by Crippen LogP contribution is 2.11. The highest BCUT2D eigenvalue weighted by Gasteiger charge is 2.07. The molecule has 0 spiro atoms. The Morgan fingerprint density at radius 2 is 1.53 bits per heavy atom. The molecule has 0 aromatic carbocycles. The Kier molecular flexibility index (Phi) is 7.63. The summed E-state index contributed by atoms with van der Waals surface area (Å²) < 4.78 is 0. The molecular formula is C14H27N. The number of nitrogens with zero attached hydrogens (tertiary/aromatic N) is 1. The first-order valence-corrected chi connectivity index (χ1v) is 6.77. The van der Waals surface area contributed by atoms with Crippen LogP contribution in [-0.2, 0) is 0 Å². The predicted molar refractivity (Wildman–Crippen MR) is 68.2 cm³/mol. The SMILES string of the molecule is C=CCCCCCCN1CCCCCC1. The van der Waals surface area contributed by atoms with Crippen LogP contribution in [-0.4, -0.2) is 24.5 Å². The fourth-order valence-corrected chi connectivity index (χ4v) is 2.34. The smallest absolute Gasteiger partial charge is 0.00187 e. The normalized spacial score (nSPS) is 18.7. The molecule has 1 aliphatic heterocycles. The van der Waals surface area contributed by atoms with Gasteiger partial charge in [0.2, 0.25) is 0 Å². The van der Waals surface area contributed by atoms with Crippen molar-refractivity contribution in [1.29, 1.82) is 0 Å². The number of allylic oxidation sites excluding steroid dienone is 1. The van der Waals surface area contributed by atoms with Crippen LogP contribution in [0.25, 0.3) is 0 Å². The Hall–Kier alpha value is -0.300. The summed E-state index contributed by atoms with van der Waals surface area (Å²) in [7, 11) is 0. The van der Waals surface area contributed by atoms with E-state index >= 15 is 0 Å². The van der Waals surface area contributed by atoms with Crippen molar-refractivity contribution < 1.29 is 0 Å². The zero-order valence-electron chi connectivity index (χ0n) is 10.2. The molecule has 1 heteroatoms. The lowest BCUT2D eigenvalue weighted by Gasteiger charge is -2.19. The van der Waals surface area contributed by atoms with Crippen molar-refractivity contribution in [2.24, 2.45) is 0 Å². The van der Waals surface area contributed by atoms with Crippen molar-refractivity contribution in [2.75, 3.05) is 19.6 Å². The number of hydrogen-bond donors (Lipinski definition) is 0. The first-order valence-electron chi connectivity index (χ1n) is 6.77. The first kappa shape index (κ1) is 12.8. The lowest BCUT2D eigenvalue weighted by molar-refractivity contribution is 0.278. The maximum absolute atomic E-state index is 3.75. The van der Waals surface area contributed by atoms with Gasteiger partial charge in [0.1, 0.15) is 0 Å². The minimum Gasteiger partial charge on any atom is -0.303 e. The van der Waals surface area contributed by atoms with E-state index in [-0.39, 0.29) is 0 Å². The van der Waals surface area contributed by atoms with Crippen molar-refractivity contribution in [3.05, 3.63) is 12.7 Å². The maximum atomic E-state index is 3.75. The van der Waals surface area contributed by atoms with Gasteiger partial charge in [0.25, 0.3) is 0 Å². The van der Waals surface area contributed by atoms with E-state index in [4.69, 9.17) is 0 Å². The van der Waals surface area contributed by atoms with Gasteiger partial charge in [-0.3, -0.25) is 0 Å². The van der Waals surface area contributed by atoms with Crippen molar-refractivity contribution in [2.45, 2.75) is 57.8 Å². The third-order valence-corrected chi connectivity index (χ3v) is 3.33. The summed E-state index contributed by atoms with van der Waals surface area (Å²) in [6.45, 7) is 7.80. The minimum atomic E-state index is 1.20. The molecule has 1 heterocycles. The summed E-state index contributed by atoms with van der Waals surface area (Å²) in [5.74, 6) is 0. The molecule has 1 nitrogen and oxygen atoms in total. The van der Waals surface area contributed by atoms with Crippen LogP contribution >= 0.6 is 0 Å². The Morgan fingerprint density at radius 3 is 2.20 bits per heavy atom. The van der Waals surface area contributed by atoms with E-state index in [2.05, 4.69) is 11.5 Å². The zero-order valence-corrected chi connectivity index (χ0v) is 10.2. The number of likely N-dealkylation sites (tertiary alicyclic amines) is 1. The molecule has 0 aliphatic carbocycles. The highest BCUT2D eigenvalue weighted by atomic mass is 15.1. The standard InChI is InChI=1S/C14H27N/c1-2-3-4-5-6-9-12-15-13-10-7-8-11-14-15/h2H,1,3-14H2. The maximum Gasteiger partial charge on any atom is -0.00187 e. The molecule has 88 valence electrons. The van der Waals surface area contributed by atoms with Gasteiger partial charge in [-0.2, -0.15) is 0 Å². The third kappa shape index (κ3) is 6.72.